The minimum atomic E-state index is 0.439. The molecule has 0 nitrogen and oxygen atoms in total. The van der Waals surface area contributed by atoms with Crippen LogP contribution in [0.4, 0.5) is 0 Å². The number of hydrogen-bond acceptors (Lipinski definition) is 0. The first-order valence-corrected chi connectivity index (χ1v) is 13.1. The summed E-state index contributed by atoms with van der Waals surface area (Å²) in [6, 6.07) is 9.67. The average Bonchev–Trinajstić information content (AvgIpc) is 3.30. The maximum absolute atomic E-state index is 2.44. The predicted octanol–water partition coefficient (Wildman–Crippen LogP) is 8.56. The highest BCUT2D eigenvalue weighted by Crippen LogP contribution is 2.45. The van der Waals surface area contributed by atoms with E-state index in [2.05, 4.69) is 72.9 Å². The fourth-order valence-electron chi connectivity index (χ4n) is 6.67. The molecule has 0 heteroatoms. The molecule has 0 heterocycles. The van der Waals surface area contributed by atoms with Crippen molar-refractivity contribution < 1.29 is 0 Å². The highest BCUT2D eigenvalue weighted by Gasteiger charge is 2.31. The second-order valence-corrected chi connectivity index (χ2v) is 10.7. The van der Waals surface area contributed by atoms with Gasteiger partial charge in [0.05, 0.1) is 0 Å². The highest BCUT2D eigenvalue weighted by molar-refractivity contribution is 5.60. The van der Waals surface area contributed by atoms with Crippen LogP contribution in [-0.4, -0.2) is 0 Å². The van der Waals surface area contributed by atoms with Crippen molar-refractivity contribution in [2.75, 3.05) is 0 Å². The maximum atomic E-state index is 2.44. The minimum absolute atomic E-state index is 0.439. The summed E-state index contributed by atoms with van der Waals surface area (Å²) in [6.45, 7) is 0. The van der Waals surface area contributed by atoms with Gasteiger partial charge >= 0.3 is 0 Å². The fraction of sp³-hybridized carbons (Fsp3) is 0.438. The van der Waals surface area contributed by atoms with Crippen LogP contribution in [0.1, 0.15) is 74.8 Å². The summed E-state index contributed by atoms with van der Waals surface area (Å²) in [4.78, 5) is 0. The van der Waals surface area contributed by atoms with Crippen LogP contribution >= 0.6 is 0 Å². The van der Waals surface area contributed by atoms with Gasteiger partial charge in [0.2, 0.25) is 0 Å². The molecule has 5 aliphatic rings. The SMILES string of the molecule is C1=CC2C(C3=CCCC=C3)=CC=C(Cc3ccc(C4CCC(C5CCC5)CC4)cc3)C2=C1. The zero-order chi connectivity index (χ0) is 21.3. The Hall–Kier alpha value is -2.34. The van der Waals surface area contributed by atoms with Gasteiger partial charge in [-0.25, -0.2) is 0 Å². The molecular formula is C32H36. The van der Waals surface area contributed by atoms with Crippen LogP contribution in [0.2, 0.25) is 0 Å². The Kier molecular flexibility index (Phi) is 5.63. The van der Waals surface area contributed by atoms with Crippen LogP contribution in [0.5, 0.6) is 0 Å². The molecular weight excluding hydrogens is 384 g/mol. The smallest absolute Gasteiger partial charge is 0.0281 e. The normalized spacial score (nSPS) is 29.6. The highest BCUT2D eigenvalue weighted by atomic mass is 14.4. The Labute approximate surface area is 194 Å². The first-order valence-electron chi connectivity index (χ1n) is 13.1. The number of fused-ring (bicyclic) bond motifs is 1. The van der Waals surface area contributed by atoms with E-state index in [4.69, 9.17) is 0 Å². The van der Waals surface area contributed by atoms with Gasteiger partial charge in [0.25, 0.3) is 0 Å². The van der Waals surface area contributed by atoms with E-state index in [0.717, 1.165) is 24.2 Å². The van der Waals surface area contributed by atoms with E-state index in [1.807, 2.05) is 0 Å². The van der Waals surface area contributed by atoms with Crippen molar-refractivity contribution in [3.8, 4) is 0 Å². The van der Waals surface area contributed by atoms with Crippen LogP contribution in [0, 0.1) is 17.8 Å². The zero-order valence-corrected chi connectivity index (χ0v) is 19.3. The summed E-state index contributed by atoms with van der Waals surface area (Å²) >= 11 is 0. The molecule has 0 bridgehead atoms. The van der Waals surface area contributed by atoms with Crippen molar-refractivity contribution in [2.24, 2.45) is 17.8 Å². The van der Waals surface area contributed by atoms with E-state index < -0.39 is 0 Å². The van der Waals surface area contributed by atoms with Gasteiger partial charge in [-0.15, -0.1) is 0 Å². The minimum Gasteiger partial charge on any atom is -0.0836 e. The quantitative estimate of drug-likeness (QED) is 0.447. The molecule has 0 amide bonds. The monoisotopic (exact) mass is 420 g/mol. The molecule has 32 heavy (non-hydrogen) atoms. The second-order valence-electron chi connectivity index (χ2n) is 10.7. The maximum Gasteiger partial charge on any atom is 0.0281 e. The lowest BCUT2D eigenvalue weighted by molar-refractivity contribution is 0.154. The fourth-order valence-corrected chi connectivity index (χ4v) is 6.67. The largest absolute Gasteiger partial charge is 0.0836 e. The van der Waals surface area contributed by atoms with Gasteiger partial charge in [0.1, 0.15) is 0 Å². The van der Waals surface area contributed by atoms with Crippen molar-refractivity contribution in [1.29, 1.82) is 0 Å². The topological polar surface area (TPSA) is 0 Å². The summed E-state index contributed by atoms with van der Waals surface area (Å²) < 4.78 is 0. The molecule has 0 saturated heterocycles. The zero-order valence-electron chi connectivity index (χ0n) is 19.3. The Morgan fingerprint density at radius 2 is 1.56 bits per heavy atom. The second kappa shape index (κ2) is 8.89. The number of benzene rings is 1. The molecule has 0 aliphatic heterocycles. The molecule has 2 fully saturated rings. The molecule has 0 aromatic heterocycles. The van der Waals surface area contributed by atoms with Gasteiger partial charge in [0, 0.05) is 5.92 Å². The van der Waals surface area contributed by atoms with Gasteiger partial charge in [-0.1, -0.05) is 92.1 Å². The van der Waals surface area contributed by atoms with E-state index in [1.165, 1.54) is 85.6 Å². The van der Waals surface area contributed by atoms with Crippen molar-refractivity contribution in [2.45, 2.75) is 70.1 Å². The Bertz CT molecular complexity index is 1020. The van der Waals surface area contributed by atoms with Gasteiger partial charge in [-0.2, -0.15) is 0 Å². The molecule has 0 radical (unpaired) electrons. The van der Waals surface area contributed by atoms with E-state index in [1.54, 1.807) is 5.56 Å². The third-order valence-electron chi connectivity index (χ3n) is 8.85. The summed E-state index contributed by atoms with van der Waals surface area (Å²) in [5, 5.41) is 0. The first-order chi connectivity index (χ1) is 15.8. The molecule has 164 valence electrons. The van der Waals surface area contributed by atoms with Gasteiger partial charge in [-0.05, 0) is 96.1 Å². The summed E-state index contributed by atoms with van der Waals surface area (Å²) in [5.74, 6) is 3.35. The number of rotatable bonds is 5. The molecule has 0 spiro atoms. The van der Waals surface area contributed by atoms with E-state index >= 15 is 0 Å². The Morgan fingerprint density at radius 1 is 0.750 bits per heavy atom. The third kappa shape index (κ3) is 3.94. The van der Waals surface area contributed by atoms with Crippen LogP contribution in [0.25, 0.3) is 0 Å². The molecule has 2 saturated carbocycles. The average molecular weight is 421 g/mol. The Balaban J connectivity index is 1.13. The molecule has 1 unspecified atom stereocenters. The molecule has 1 aromatic carbocycles. The molecule has 1 atom stereocenters. The Morgan fingerprint density at radius 3 is 2.28 bits per heavy atom. The predicted molar refractivity (Wildman–Crippen MR) is 136 cm³/mol. The van der Waals surface area contributed by atoms with Crippen molar-refractivity contribution >= 4 is 0 Å². The summed E-state index contributed by atoms with van der Waals surface area (Å²) in [6.07, 6.45) is 32.4. The molecule has 5 aliphatic carbocycles. The van der Waals surface area contributed by atoms with E-state index in [-0.39, 0.29) is 0 Å². The standard InChI is InChI=1S/C32H36/c1-2-6-28(7-3-1)31-21-20-29(30-10-5-11-32(30)31)22-23-12-14-25(15-13-23)27-18-16-26(17-19-27)24-8-4-9-24/h2,5-7,10-15,20-21,24,26-27,32H,1,3-4,8-9,16-19,22H2. The third-order valence-corrected chi connectivity index (χ3v) is 8.85. The van der Waals surface area contributed by atoms with Crippen LogP contribution in [-0.2, 0) is 6.42 Å². The molecule has 6 rings (SSSR count). The van der Waals surface area contributed by atoms with Gasteiger partial charge < -0.3 is 0 Å². The first kappa shape index (κ1) is 20.3. The van der Waals surface area contributed by atoms with Gasteiger partial charge in [0.15, 0.2) is 0 Å². The van der Waals surface area contributed by atoms with Crippen LogP contribution in [0.3, 0.4) is 0 Å². The lowest BCUT2D eigenvalue weighted by Gasteiger charge is -2.38. The number of allylic oxidation sites excluding steroid dienone is 12. The van der Waals surface area contributed by atoms with Crippen LogP contribution < -0.4 is 0 Å². The lowest BCUT2D eigenvalue weighted by Crippen LogP contribution is -2.25. The molecule has 0 N–H and O–H groups in total. The summed E-state index contributed by atoms with van der Waals surface area (Å²) in [5.41, 5.74) is 8.90. The summed E-state index contributed by atoms with van der Waals surface area (Å²) in [7, 11) is 0. The van der Waals surface area contributed by atoms with Crippen molar-refractivity contribution in [3.63, 3.8) is 0 Å². The van der Waals surface area contributed by atoms with E-state index in [9.17, 15) is 0 Å². The van der Waals surface area contributed by atoms with Crippen LogP contribution in [0.15, 0.2) is 95.2 Å². The van der Waals surface area contributed by atoms with Crippen molar-refractivity contribution in [1.82, 2.24) is 0 Å². The molecule has 1 aromatic rings. The van der Waals surface area contributed by atoms with E-state index in [0.29, 0.717) is 5.92 Å². The van der Waals surface area contributed by atoms with Crippen molar-refractivity contribution in [3.05, 3.63) is 106 Å². The van der Waals surface area contributed by atoms with Gasteiger partial charge in [-0.3, -0.25) is 0 Å². The lowest BCUT2D eigenvalue weighted by atomic mass is 9.67. The number of hydrogen-bond donors (Lipinski definition) is 0.